The van der Waals surface area contributed by atoms with E-state index in [0.29, 0.717) is 12.1 Å². The zero-order valence-corrected chi connectivity index (χ0v) is 11.4. The summed E-state index contributed by atoms with van der Waals surface area (Å²) in [5.41, 5.74) is 0.862. The summed E-state index contributed by atoms with van der Waals surface area (Å²) in [6, 6.07) is 6.57. The zero-order valence-electron chi connectivity index (χ0n) is 10.6. The Kier molecular flexibility index (Phi) is 4.04. The molecule has 0 heterocycles. The van der Waals surface area contributed by atoms with Gasteiger partial charge in [0.1, 0.15) is 17.5 Å². The molecule has 2 rings (SSSR count). The molecule has 0 saturated heterocycles. The van der Waals surface area contributed by atoms with Gasteiger partial charge in [0.25, 0.3) is 10.0 Å². The van der Waals surface area contributed by atoms with Gasteiger partial charge in [-0.15, -0.1) is 0 Å². The van der Waals surface area contributed by atoms with Crippen LogP contribution in [0.25, 0.3) is 6.08 Å². The van der Waals surface area contributed by atoms with Crippen LogP contribution in [0, 0.1) is 17.5 Å². The predicted octanol–water partition coefficient (Wildman–Crippen LogP) is 3.55. The molecule has 0 amide bonds. The lowest BCUT2D eigenvalue weighted by Gasteiger charge is -2.10. The van der Waals surface area contributed by atoms with E-state index in [4.69, 9.17) is 0 Å². The summed E-state index contributed by atoms with van der Waals surface area (Å²) >= 11 is 0. The van der Waals surface area contributed by atoms with Crippen LogP contribution in [0.5, 0.6) is 0 Å². The molecular weight excluding hydrogens is 303 g/mol. The van der Waals surface area contributed by atoms with Crippen molar-refractivity contribution in [1.82, 2.24) is 0 Å². The van der Waals surface area contributed by atoms with Gasteiger partial charge in [-0.2, -0.15) is 0 Å². The van der Waals surface area contributed by atoms with E-state index < -0.39 is 32.4 Å². The second-order valence-corrected chi connectivity index (χ2v) is 5.75. The first-order valence-corrected chi connectivity index (χ1v) is 7.21. The summed E-state index contributed by atoms with van der Waals surface area (Å²) in [6.07, 6.45) is 1.55. The fourth-order valence-electron chi connectivity index (χ4n) is 1.68. The van der Waals surface area contributed by atoms with Crippen molar-refractivity contribution in [3.63, 3.8) is 0 Å². The first-order chi connectivity index (χ1) is 9.83. The lowest BCUT2D eigenvalue weighted by atomic mass is 10.2. The van der Waals surface area contributed by atoms with Crippen molar-refractivity contribution in [3.8, 4) is 0 Å². The number of hydrogen-bond donors (Lipinski definition) is 1. The Morgan fingerprint density at radius 3 is 2.00 bits per heavy atom. The van der Waals surface area contributed by atoms with Crippen molar-refractivity contribution in [2.75, 3.05) is 4.72 Å². The molecule has 21 heavy (non-hydrogen) atoms. The van der Waals surface area contributed by atoms with Crippen molar-refractivity contribution in [2.24, 2.45) is 0 Å². The van der Waals surface area contributed by atoms with Crippen LogP contribution < -0.4 is 4.72 Å². The maximum atomic E-state index is 13.5. The monoisotopic (exact) mass is 313 g/mol. The smallest absolute Gasteiger partial charge is 0.267 e. The van der Waals surface area contributed by atoms with E-state index in [1.54, 1.807) is 18.2 Å². The third kappa shape index (κ3) is 3.25. The quantitative estimate of drug-likeness (QED) is 0.938. The van der Waals surface area contributed by atoms with Gasteiger partial charge in [-0.1, -0.05) is 24.8 Å². The highest BCUT2D eigenvalue weighted by Gasteiger charge is 2.25. The van der Waals surface area contributed by atoms with E-state index in [0.717, 1.165) is 5.56 Å². The van der Waals surface area contributed by atoms with Crippen molar-refractivity contribution < 1.29 is 21.6 Å². The molecule has 2 aromatic carbocycles. The molecule has 0 radical (unpaired) electrons. The van der Waals surface area contributed by atoms with Gasteiger partial charge in [-0.05, 0) is 17.7 Å². The first kappa shape index (κ1) is 15.1. The molecule has 0 atom stereocenters. The molecule has 0 spiro atoms. The summed E-state index contributed by atoms with van der Waals surface area (Å²) in [5.74, 6) is -4.19. The van der Waals surface area contributed by atoms with Crippen LogP contribution in [-0.4, -0.2) is 8.42 Å². The highest BCUT2D eigenvalue weighted by Crippen LogP contribution is 2.23. The van der Waals surface area contributed by atoms with E-state index in [2.05, 4.69) is 6.58 Å². The number of benzene rings is 2. The number of sulfonamides is 1. The maximum Gasteiger partial charge on any atom is 0.267 e. The fourth-order valence-corrected chi connectivity index (χ4v) is 2.86. The molecule has 3 nitrogen and oxygen atoms in total. The Bertz CT molecular complexity index is 763. The molecule has 7 heteroatoms. The number of nitrogens with one attached hydrogen (secondary N) is 1. The lowest BCUT2D eigenvalue weighted by molar-refractivity contribution is 0.498. The zero-order chi connectivity index (χ0) is 15.6. The summed E-state index contributed by atoms with van der Waals surface area (Å²) < 4.78 is 65.8. The molecule has 2 aromatic rings. The van der Waals surface area contributed by atoms with Crippen LogP contribution >= 0.6 is 0 Å². The summed E-state index contributed by atoms with van der Waals surface area (Å²) in [6.45, 7) is 3.54. The molecule has 0 saturated carbocycles. The standard InChI is InChI=1S/C14H10F3NO2S/c1-2-9-3-5-11(6-4-9)18-21(19,20)14-12(16)7-10(15)8-13(14)17/h2-8,18H,1H2. The minimum atomic E-state index is -4.50. The van der Waals surface area contributed by atoms with Crippen LogP contribution in [-0.2, 0) is 10.0 Å². The van der Waals surface area contributed by atoms with Crippen LogP contribution in [0.1, 0.15) is 5.56 Å². The molecule has 110 valence electrons. The minimum Gasteiger partial charge on any atom is -0.279 e. The van der Waals surface area contributed by atoms with Crippen molar-refractivity contribution in [2.45, 2.75) is 4.90 Å². The second kappa shape index (κ2) is 5.61. The topological polar surface area (TPSA) is 46.2 Å². The Morgan fingerprint density at radius 2 is 1.52 bits per heavy atom. The lowest BCUT2D eigenvalue weighted by Crippen LogP contribution is -2.16. The maximum absolute atomic E-state index is 13.5. The fraction of sp³-hybridized carbons (Fsp3) is 0. The van der Waals surface area contributed by atoms with E-state index in [1.807, 2.05) is 4.72 Å². The van der Waals surface area contributed by atoms with Crippen LogP contribution in [0.3, 0.4) is 0 Å². The number of halogens is 3. The van der Waals surface area contributed by atoms with Gasteiger partial charge < -0.3 is 0 Å². The SMILES string of the molecule is C=Cc1ccc(NS(=O)(=O)c2c(F)cc(F)cc2F)cc1. The Labute approximate surface area is 119 Å². The third-order valence-corrected chi connectivity index (χ3v) is 4.06. The van der Waals surface area contributed by atoms with E-state index in [9.17, 15) is 21.6 Å². The van der Waals surface area contributed by atoms with Gasteiger partial charge in [0.15, 0.2) is 4.90 Å². The van der Waals surface area contributed by atoms with Crippen molar-refractivity contribution in [1.29, 1.82) is 0 Å². The van der Waals surface area contributed by atoms with Gasteiger partial charge in [-0.25, -0.2) is 21.6 Å². The molecule has 0 unspecified atom stereocenters. The van der Waals surface area contributed by atoms with Gasteiger partial charge in [-0.3, -0.25) is 4.72 Å². The Balaban J connectivity index is 2.40. The van der Waals surface area contributed by atoms with E-state index in [-0.39, 0.29) is 5.69 Å². The summed E-state index contributed by atoms with van der Waals surface area (Å²) in [5, 5.41) is 0. The normalized spacial score (nSPS) is 11.2. The van der Waals surface area contributed by atoms with Crippen LogP contribution in [0.15, 0.2) is 47.9 Å². The van der Waals surface area contributed by atoms with Gasteiger partial charge in [0, 0.05) is 17.8 Å². The van der Waals surface area contributed by atoms with Crippen LogP contribution in [0.2, 0.25) is 0 Å². The molecule has 0 aliphatic heterocycles. The van der Waals surface area contributed by atoms with Gasteiger partial charge >= 0.3 is 0 Å². The summed E-state index contributed by atoms with van der Waals surface area (Å²) in [4.78, 5) is -1.23. The highest BCUT2D eigenvalue weighted by atomic mass is 32.2. The van der Waals surface area contributed by atoms with E-state index >= 15 is 0 Å². The molecule has 0 aliphatic rings. The van der Waals surface area contributed by atoms with Gasteiger partial charge in [0.05, 0.1) is 0 Å². The average Bonchev–Trinajstić information content (AvgIpc) is 2.37. The molecule has 0 bridgehead atoms. The first-order valence-electron chi connectivity index (χ1n) is 5.73. The molecule has 1 N–H and O–H groups in total. The van der Waals surface area contributed by atoms with Crippen molar-refractivity contribution >= 4 is 21.8 Å². The average molecular weight is 313 g/mol. The molecule has 0 aromatic heterocycles. The minimum absolute atomic E-state index is 0.115. The number of hydrogen-bond acceptors (Lipinski definition) is 2. The highest BCUT2D eigenvalue weighted by molar-refractivity contribution is 7.92. The van der Waals surface area contributed by atoms with Crippen LogP contribution in [0.4, 0.5) is 18.9 Å². The molecule has 0 aliphatic carbocycles. The molecular formula is C14H10F3NO2S. The third-order valence-electron chi connectivity index (χ3n) is 2.63. The molecule has 0 fully saturated rings. The Hall–Kier alpha value is -2.28. The Morgan fingerprint density at radius 1 is 1.00 bits per heavy atom. The van der Waals surface area contributed by atoms with Crippen molar-refractivity contribution in [3.05, 3.63) is 66.0 Å². The van der Waals surface area contributed by atoms with E-state index in [1.165, 1.54) is 12.1 Å². The second-order valence-electron chi connectivity index (χ2n) is 4.13. The number of rotatable bonds is 4. The predicted molar refractivity (Wildman–Crippen MR) is 73.7 cm³/mol. The summed E-state index contributed by atoms with van der Waals surface area (Å²) in [7, 11) is -4.50. The number of anilines is 1. The van der Waals surface area contributed by atoms with Gasteiger partial charge in [0.2, 0.25) is 0 Å². The largest absolute Gasteiger partial charge is 0.279 e.